The molecule has 0 radical (unpaired) electrons. The number of rotatable bonds is 2. The fraction of sp³-hybridized carbons (Fsp3) is 0.500. The van der Waals surface area contributed by atoms with Gasteiger partial charge in [-0.05, 0) is 37.5 Å². The number of nitrogens with two attached hydrogens (primary N) is 1. The molecule has 2 unspecified atom stereocenters. The third-order valence-corrected chi connectivity index (χ3v) is 4.02. The fourth-order valence-electron chi connectivity index (χ4n) is 3.13. The van der Waals surface area contributed by atoms with E-state index >= 15 is 0 Å². The second-order valence-corrected chi connectivity index (χ2v) is 5.32. The normalized spacial score (nSPS) is 23.0. The lowest BCUT2D eigenvalue weighted by Crippen LogP contribution is -2.25. The van der Waals surface area contributed by atoms with Crippen LogP contribution in [-0.4, -0.2) is 22.8 Å². The van der Waals surface area contributed by atoms with Gasteiger partial charge in [-0.25, -0.2) is 4.98 Å². The van der Waals surface area contributed by atoms with Crippen LogP contribution in [-0.2, 0) is 10.9 Å². The van der Waals surface area contributed by atoms with Gasteiger partial charge in [-0.15, -0.1) is 0 Å². The topological polar surface area (TPSA) is 53.1 Å². The van der Waals surface area contributed by atoms with Crippen molar-refractivity contribution >= 4 is 16.7 Å². The number of methoxy groups -OCH3 is 1. The zero-order valence-corrected chi connectivity index (χ0v) is 11.5. The Hall–Kier alpha value is -1.76. The van der Waals surface area contributed by atoms with Gasteiger partial charge in [0.2, 0.25) is 5.82 Å². The summed E-state index contributed by atoms with van der Waals surface area (Å²) in [5.74, 6) is -0.878. The average Bonchev–Trinajstić information content (AvgIpc) is 2.99. The van der Waals surface area contributed by atoms with Crippen LogP contribution in [0.5, 0.6) is 0 Å². The Labute approximate surface area is 119 Å². The van der Waals surface area contributed by atoms with Crippen molar-refractivity contribution in [3.05, 3.63) is 24.0 Å². The minimum Gasteiger partial charge on any atom is -0.399 e. The standard InChI is InChI=1S/C14H16F3N3O/c1-21-12-4-2-3-11(12)20-10-6-5-8(18)7-9(10)19-13(20)14(15,16)17/h5-7,11-12H,2-4,18H2,1H3. The second kappa shape index (κ2) is 4.91. The van der Waals surface area contributed by atoms with Gasteiger partial charge in [0.15, 0.2) is 0 Å². The van der Waals surface area contributed by atoms with Gasteiger partial charge < -0.3 is 15.0 Å². The van der Waals surface area contributed by atoms with Gasteiger partial charge in [-0.3, -0.25) is 0 Å². The number of hydrogen-bond donors (Lipinski definition) is 1. The van der Waals surface area contributed by atoms with E-state index in [0.717, 1.165) is 12.8 Å². The second-order valence-electron chi connectivity index (χ2n) is 5.32. The molecule has 1 saturated carbocycles. The average molecular weight is 299 g/mol. The molecule has 4 nitrogen and oxygen atoms in total. The van der Waals surface area contributed by atoms with Crippen molar-refractivity contribution in [3.63, 3.8) is 0 Å². The van der Waals surface area contributed by atoms with E-state index in [1.165, 1.54) is 17.7 Å². The predicted molar refractivity (Wildman–Crippen MR) is 72.8 cm³/mol. The number of fused-ring (bicyclic) bond motifs is 1. The summed E-state index contributed by atoms with van der Waals surface area (Å²) in [6.45, 7) is 0. The highest BCUT2D eigenvalue weighted by Crippen LogP contribution is 2.40. The van der Waals surface area contributed by atoms with Gasteiger partial charge in [0.25, 0.3) is 0 Å². The Balaban J connectivity index is 2.23. The lowest BCUT2D eigenvalue weighted by atomic mass is 10.2. The first-order valence-electron chi connectivity index (χ1n) is 6.79. The summed E-state index contributed by atoms with van der Waals surface area (Å²) in [5, 5.41) is 0. The number of imidazole rings is 1. The van der Waals surface area contributed by atoms with Crippen LogP contribution in [0.4, 0.5) is 18.9 Å². The van der Waals surface area contributed by atoms with E-state index in [2.05, 4.69) is 4.98 Å². The number of nitrogen functional groups attached to an aromatic ring is 1. The van der Waals surface area contributed by atoms with Gasteiger partial charge in [0.05, 0.1) is 23.2 Å². The van der Waals surface area contributed by atoms with E-state index in [9.17, 15) is 13.2 Å². The molecule has 114 valence electrons. The van der Waals surface area contributed by atoms with Gasteiger partial charge in [-0.2, -0.15) is 13.2 Å². The molecule has 1 aromatic carbocycles. The molecule has 7 heteroatoms. The predicted octanol–water partition coefficient (Wildman–Crippen LogP) is 3.38. The number of nitrogens with zero attached hydrogens (tertiary/aromatic N) is 2. The summed E-state index contributed by atoms with van der Waals surface area (Å²) in [5.41, 5.74) is 6.76. The number of benzene rings is 1. The minimum absolute atomic E-state index is 0.221. The van der Waals surface area contributed by atoms with Gasteiger partial charge >= 0.3 is 6.18 Å². The summed E-state index contributed by atoms with van der Waals surface area (Å²) >= 11 is 0. The maximum absolute atomic E-state index is 13.3. The van der Waals surface area contributed by atoms with Crippen molar-refractivity contribution in [1.82, 2.24) is 9.55 Å². The van der Waals surface area contributed by atoms with Crippen LogP contribution >= 0.6 is 0 Å². The van der Waals surface area contributed by atoms with Gasteiger partial charge in [-0.1, -0.05) is 0 Å². The Kier molecular flexibility index (Phi) is 3.32. The largest absolute Gasteiger partial charge is 0.449 e. The highest BCUT2D eigenvalue weighted by Gasteiger charge is 2.41. The molecule has 1 aliphatic rings. The number of anilines is 1. The summed E-state index contributed by atoms with van der Waals surface area (Å²) in [4.78, 5) is 3.76. The molecule has 0 saturated heterocycles. The maximum atomic E-state index is 13.3. The third-order valence-electron chi connectivity index (χ3n) is 4.02. The molecule has 2 N–H and O–H groups in total. The molecule has 1 heterocycles. The summed E-state index contributed by atoms with van der Waals surface area (Å²) in [6, 6.07) is 4.31. The van der Waals surface area contributed by atoms with E-state index in [-0.39, 0.29) is 17.7 Å². The number of aromatic nitrogens is 2. The first-order valence-corrected chi connectivity index (χ1v) is 6.79. The molecule has 21 heavy (non-hydrogen) atoms. The van der Waals surface area contributed by atoms with E-state index in [4.69, 9.17) is 10.5 Å². The molecule has 0 aliphatic heterocycles. The lowest BCUT2D eigenvalue weighted by molar-refractivity contribution is -0.148. The van der Waals surface area contributed by atoms with E-state index in [1.54, 1.807) is 12.1 Å². The zero-order chi connectivity index (χ0) is 15.2. The summed E-state index contributed by atoms with van der Waals surface area (Å²) in [6.07, 6.45) is -2.48. The number of halogens is 3. The zero-order valence-electron chi connectivity index (χ0n) is 11.5. The minimum atomic E-state index is -4.51. The molecular weight excluding hydrogens is 283 g/mol. The third kappa shape index (κ3) is 2.35. The Morgan fingerprint density at radius 1 is 1.33 bits per heavy atom. The first kappa shape index (κ1) is 14.2. The van der Waals surface area contributed by atoms with E-state index in [0.29, 0.717) is 17.6 Å². The van der Waals surface area contributed by atoms with Crippen LogP contribution in [0.25, 0.3) is 11.0 Å². The summed E-state index contributed by atoms with van der Waals surface area (Å²) in [7, 11) is 1.54. The Bertz CT molecular complexity index is 665. The SMILES string of the molecule is COC1CCCC1n1c(C(F)(F)F)nc2cc(N)ccc21. The van der Waals surface area contributed by atoms with Crippen molar-refractivity contribution in [1.29, 1.82) is 0 Å². The van der Waals surface area contributed by atoms with Gasteiger partial charge in [0, 0.05) is 12.8 Å². The molecular formula is C14H16F3N3O. The molecule has 1 aliphatic carbocycles. The van der Waals surface area contributed by atoms with Crippen LogP contribution in [0.1, 0.15) is 31.1 Å². The van der Waals surface area contributed by atoms with E-state index in [1.807, 2.05) is 0 Å². The van der Waals surface area contributed by atoms with Crippen molar-refractivity contribution < 1.29 is 17.9 Å². The van der Waals surface area contributed by atoms with Crippen LogP contribution in [0.2, 0.25) is 0 Å². The molecule has 1 aromatic heterocycles. The van der Waals surface area contributed by atoms with Crippen LogP contribution < -0.4 is 5.73 Å². The maximum Gasteiger partial charge on any atom is 0.449 e. The van der Waals surface area contributed by atoms with Crippen LogP contribution in [0.3, 0.4) is 0 Å². The van der Waals surface area contributed by atoms with Crippen molar-refractivity contribution in [3.8, 4) is 0 Å². The molecule has 1 fully saturated rings. The van der Waals surface area contributed by atoms with Crippen molar-refractivity contribution in [2.45, 2.75) is 37.6 Å². The highest BCUT2D eigenvalue weighted by atomic mass is 19.4. The Morgan fingerprint density at radius 3 is 2.76 bits per heavy atom. The van der Waals surface area contributed by atoms with E-state index < -0.39 is 12.0 Å². The lowest BCUT2D eigenvalue weighted by Gasteiger charge is -2.23. The molecule has 3 rings (SSSR count). The molecule has 2 aromatic rings. The Morgan fingerprint density at radius 2 is 2.10 bits per heavy atom. The molecule has 0 spiro atoms. The first-order chi connectivity index (χ1) is 9.91. The van der Waals surface area contributed by atoms with Crippen molar-refractivity contribution in [2.75, 3.05) is 12.8 Å². The quantitative estimate of drug-likeness (QED) is 0.865. The smallest absolute Gasteiger partial charge is 0.399 e. The summed E-state index contributed by atoms with van der Waals surface area (Å²) < 4.78 is 46.6. The number of hydrogen-bond acceptors (Lipinski definition) is 3. The number of alkyl halides is 3. The fourth-order valence-corrected chi connectivity index (χ4v) is 3.13. The van der Waals surface area contributed by atoms with Crippen molar-refractivity contribution in [2.24, 2.45) is 0 Å². The van der Waals surface area contributed by atoms with Gasteiger partial charge in [0.1, 0.15) is 0 Å². The van der Waals surface area contributed by atoms with Crippen LogP contribution in [0.15, 0.2) is 18.2 Å². The number of ether oxygens (including phenoxy) is 1. The molecule has 0 amide bonds. The monoisotopic (exact) mass is 299 g/mol. The highest BCUT2D eigenvalue weighted by molar-refractivity contribution is 5.80. The molecule has 0 bridgehead atoms. The molecule has 2 atom stereocenters. The van der Waals surface area contributed by atoms with Crippen LogP contribution in [0, 0.1) is 0 Å².